The van der Waals surface area contributed by atoms with Crippen LogP contribution in [0.3, 0.4) is 0 Å². The monoisotopic (exact) mass is 402 g/mol. The maximum absolute atomic E-state index is 13.1. The fourth-order valence-electron chi connectivity index (χ4n) is 3.52. The number of aryl methyl sites for hydroxylation is 1. The number of hydrogen-bond acceptors (Lipinski definition) is 5. The van der Waals surface area contributed by atoms with Crippen LogP contribution in [0.4, 0.5) is 5.69 Å². The number of nitro benzene ring substituents is 1. The van der Waals surface area contributed by atoms with Crippen molar-refractivity contribution in [2.75, 3.05) is 13.1 Å². The van der Waals surface area contributed by atoms with Crippen molar-refractivity contribution in [3.63, 3.8) is 0 Å². The minimum Gasteiger partial charge on any atom is -0.294 e. The predicted octanol–water partition coefficient (Wildman–Crippen LogP) is 3.50. The molecule has 0 aliphatic carbocycles. The predicted molar refractivity (Wildman–Crippen MR) is 105 cm³/mol. The Kier molecular flexibility index (Phi) is 5.62. The third kappa shape index (κ3) is 3.83. The van der Waals surface area contributed by atoms with Gasteiger partial charge in [-0.05, 0) is 37.8 Å². The number of hydrogen-bond donors (Lipinski definition) is 0. The highest BCUT2D eigenvalue weighted by Gasteiger charge is 2.34. The Morgan fingerprint density at radius 3 is 2.29 bits per heavy atom. The molecule has 148 valence electrons. The van der Waals surface area contributed by atoms with Gasteiger partial charge < -0.3 is 0 Å². The Morgan fingerprint density at radius 1 is 1.11 bits per heavy atom. The van der Waals surface area contributed by atoms with Gasteiger partial charge in [-0.1, -0.05) is 30.3 Å². The Morgan fingerprint density at radius 2 is 1.71 bits per heavy atom. The molecule has 0 radical (unpaired) electrons. The highest BCUT2D eigenvalue weighted by molar-refractivity contribution is 7.89. The van der Waals surface area contributed by atoms with Crippen LogP contribution in [0.5, 0.6) is 0 Å². The van der Waals surface area contributed by atoms with Gasteiger partial charge >= 0.3 is 0 Å². The van der Waals surface area contributed by atoms with Gasteiger partial charge in [0.05, 0.1) is 9.82 Å². The van der Waals surface area contributed by atoms with E-state index in [0.717, 1.165) is 6.07 Å². The van der Waals surface area contributed by atoms with E-state index in [1.54, 1.807) is 38.1 Å². The maximum atomic E-state index is 13.1. The van der Waals surface area contributed by atoms with Gasteiger partial charge in [0.1, 0.15) is 0 Å². The average Bonchev–Trinajstić information content (AvgIpc) is 2.69. The van der Waals surface area contributed by atoms with E-state index in [-0.39, 0.29) is 35.4 Å². The van der Waals surface area contributed by atoms with Crippen LogP contribution in [-0.2, 0) is 10.0 Å². The topological polar surface area (TPSA) is 97.6 Å². The molecule has 0 bridgehead atoms. The molecular formula is C20H22N2O5S. The molecule has 1 fully saturated rings. The largest absolute Gasteiger partial charge is 0.294 e. The lowest BCUT2D eigenvalue weighted by atomic mass is 9.90. The molecule has 2 aromatic rings. The zero-order chi connectivity index (χ0) is 20.5. The molecule has 8 heteroatoms. The van der Waals surface area contributed by atoms with Crippen LogP contribution in [0.15, 0.2) is 47.4 Å². The second kappa shape index (κ2) is 7.81. The van der Waals surface area contributed by atoms with E-state index in [9.17, 15) is 23.3 Å². The number of non-ortho nitro benzene ring substituents is 1. The molecule has 1 heterocycles. The Hall–Kier alpha value is -2.58. The number of ketones is 1. The first kappa shape index (κ1) is 20.2. The Bertz CT molecular complexity index is 1010. The molecule has 0 unspecified atom stereocenters. The van der Waals surface area contributed by atoms with Crippen molar-refractivity contribution in [3.05, 3.63) is 69.3 Å². The molecular weight excluding hydrogens is 380 g/mol. The van der Waals surface area contributed by atoms with Crippen molar-refractivity contribution in [1.82, 2.24) is 4.31 Å². The molecule has 2 aromatic carbocycles. The van der Waals surface area contributed by atoms with E-state index in [1.165, 1.54) is 10.4 Å². The average molecular weight is 402 g/mol. The van der Waals surface area contributed by atoms with Crippen LogP contribution in [0.2, 0.25) is 0 Å². The summed E-state index contributed by atoms with van der Waals surface area (Å²) in [5, 5.41) is 11.1. The van der Waals surface area contributed by atoms with Crippen LogP contribution < -0.4 is 0 Å². The number of benzene rings is 2. The minimum atomic E-state index is -3.87. The van der Waals surface area contributed by atoms with Crippen molar-refractivity contribution in [1.29, 1.82) is 0 Å². The van der Waals surface area contributed by atoms with Gasteiger partial charge in [0, 0.05) is 36.7 Å². The van der Waals surface area contributed by atoms with E-state index < -0.39 is 14.9 Å². The lowest BCUT2D eigenvalue weighted by molar-refractivity contribution is -0.385. The van der Waals surface area contributed by atoms with Gasteiger partial charge in [-0.15, -0.1) is 0 Å². The summed E-state index contributed by atoms with van der Waals surface area (Å²) in [6.07, 6.45) is 0.861. The van der Waals surface area contributed by atoms with Gasteiger partial charge in [-0.25, -0.2) is 8.42 Å². The molecule has 0 N–H and O–H groups in total. The summed E-state index contributed by atoms with van der Waals surface area (Å²) in [6, 6.07) is 11.5. The van der Waals surface area contributed by atoms with Crippen LogP contribution in [0, 0.1) is 29.9 Å². The number of sulfonamides is 1. The number of nitrogens with zero attached hydrogens (tertiary/aromatic N) is 2. The standard InChI is InChI=1S/C20H22N2O5S/c1-14-12-18(22(24)25)13-19(15(14)2)28(26,27)21-10-8-17(9-11-21)20(23)16-6-4-3-5-7-16/h3-7,12-13,17H,8-11H2,1-2H3. The summed E-state index contributed by atoms with van der Waals surface area (Å²) >= 11 is 0. The van der Waals surface area contributed by atoms with Gasteiger partial charge in [0.25, 0.3) is 5.69 Å². The summed E-state index contributed by atoms with van der Waals surface area (Å²) in [6.45, 7) is 3.74. The van der Waals surface area contributed by atoms with Crippen molar-refractivity contribution in [2.24, 2.45) is 5.92 Å². The molecule has 3 rings (SSSR count). The van der Waals surface area contributed by atoms with Crippen molar-refractivity contribution in [2.45, 2.75) is 31.6 Å². The fraction of sp³-hybridized carbons (Fsp3) is 0.350. The number of nitro groups is 1. The summed E-state index contributed by atoms with van der Waals surface area (Å²) < 4.78 is 27.5. The maximum Gasteiger partial charge on any atom is 0.271 e. The first-order chi connectivity index (χ1) is 13.2. The highest BCUT2D eigenvalue weighted by atomic mass is 32.2. The molecule has 0 spiro atoms. The van der Waals surface area contributed by atoms with Gasteiger partial charge in [-0.3, -0.25) is 14.9 Å². The number of carbonyl (C=O) groups excluding carboxylic acids is 1. The van der Waals surface area contributed by atoms with Crippen LogP contribution in [0.1, 0.15) is 34.3 Å². The van der Waals surface area contributed by atoms with Crippen LogP contribution in [-0.4, -0.2) is 36.5 Å². The Balaban J connectivity index is 1.80. The normalized spacial score (nSPS) is 16.1. The summed E-state index contributed by atoms with van der Waals surface area (Å²) in [5.41, 5.74) is 1.46. The van der Waals surface area contributed by atoms with Crippen molar-refractivity contribution < 1.29 is 18.1 Å². The highest BCUT2D eigenvalue weighted by Crippen LogP contribution is 2.31. The summed E-state index contributed by atoms with van der Waals surface area (Å²) in [7, 11) is -3.87. The third-order valence-electron chi connectivity index (χ3n) is 5.32. The van der Waals surface area contributed by atoms with Crippen LogP contribution in [0.25, 0.3) is 0 Å². The van der Waals surface area contributed by atoms with E-state index in [4.69, 9.17) is 0 Å². The van der Waals surface area contributed by atoms with Gasteiger partial charge in [-0.2, -0.15) is 4.31 Å². The summed E-state index contributed by atoms with van der Waals surface area (Å²) in [4.78, 5) is 23.1. The number of carbonyl (C=O) groups is 1. The second-order valence-corrected chi connectivity index (χ2v) is 8.96. The Labute approximate surface area is 164 Å². The smallest absolute Gasteiger partial charge is 0.271 e. The molecule has 1 saturated heterocycles. The van der Waals surface area contributed by atoms with Crippen LogP contribution >= 0.6 is 0 Å². The zero-order valence-electron chi connectivity index (χ0n) is 15.8. The zero-order valence-corrected chi connectivity index (χ0v) is 16.6. The van der Waals surface area contributed by atoms with Crippen molar-refractivity contribution in [3.8, 4) is 0 Å². The first-order valence-electron chi connectivity index (χ1n) is 9.07. The van der Waals surface area contributed by atoms with E-state index in [2.05, 4.69) is 0 Å². The molecule has 1 aliphatic heterocycles. The quantitative estimate of drug-likeness (QED) is 0.433. The molecule has 0 amide bonds. The van der Waals surface area contributed by atoms with E-state index >= 15 is 0 Å². The molecule has 28 heavy (non-hydrogen) atoms. The fourth-order valence-corrected chi connectivity index (χ4v) is 5.30. The lowest BCUT2D eigenvalue weighted by Gasteiger charge is -2.31. The summed E-state index contributed by atoms with van der Waals surface area (Å²) in [5.74, 6) is -0.193. The SMILES string of the molecule is Cc1cc([N+](=O)[O-])cc(S(=O)(=O)N2CCC(C(=O)c3ccccc3)CC2)c1C. The first-order valence-corrected chi connectivity index (χ1v) is 10.5. The number of piperidine rings is 1. The molecule has 1 aliphatic rings. The molecule has 0 atom stereocenters. The lowest BCUT2D eigenvalue weighted by Crippen LogP contribution is -2.40. The van der Waals surface area contributed by atoms with Crippen molar-refractivity contribution >= 4 is 21.5 Å². The minimum absolute atomic E-state index is 0.0278. The molecule has 0 aromatic heterocycles. The molecule has 0 saturated carbocycles. The van der Waals surface area contributed by atoms with E-state index in [1.807, 2.05) is 6.07 Å². The number of rotatable bonds is 5. The van der Waals surface area contributed by atoms with E-state index in [0.29, 0.717) is 29.5 Å². The third-order valence-corrected chi connectivity index (χ3v) is 7.34. The second-order valence-electron chi connectivity index (χ2n) is 7.05. The van der Waals surface area contributed by atoms with Gasteiger partial charge in [0.2, 0.25) is 10.0 Å². The number of Topliss-reactive ketones (excluding diaryl/α,β-unsaturated/α-hetero) is 1. The molecule has 7 nitrogen and oxygen atoms in total. The van der Waals surface area contributed by atoms with Gasteiger partial charge in [0.15, 0.2) is 5.78 Å².